The first kappa shape index (κ1) is 11.8. The summed E-state index contributed by atoms with van der Waals surface area (Å²) in [7, 11) is 0. The van der Waals surface area contributed by atoms with Crippen LogP contribution in [0.5, 0.6) is 0 Å². The van der Waals surface area contributed by atoms with Gasteiger partial charge in [-0.1, -0.05) is 17.7 Å². The smallest absolute Gasteiger partial charge is 0.242 e. The van der Waals surface area contributed by atoms with E-state index in [1.54, 1.807) is 24.3 Å². The molecule has 1 amide bonds. The molecule has 0 saturated heterocycles. The number of hydrogen-bond acceptors (Lipinski definition) is 2. The first-order valence-corrected chi connectivity index (χ1v) is 5.09. The number of rotatable bonds is 3. The zero-order chi connectivity index (χ0) is 11.3. The molecule has 1 rings (SSSR count). The highest BCUT2D eigenvalue weighted by atomic mass is 35.5. The van der Waals surface area contributed by atoms with Gasteiger partial charge >= 0.3 is 0 Å². The predicted octanol–water partition coefficient (Wildman–Crippen LogP) is 2.44. The lowest BCUT2D eigenvalue weighted by atomic mass is 10.3. The maximum atomic E-state index is 11.4. The van der Waals surface area contributed by atoms with Crippen molar-refractivity contribution in [1.29, 1.82) is 5.26 Å². The summed E-state index contributed by atoms with van der Waals surface area (Å²) in [6.07, 6.45) is 0. The van der Waals surface area contributed by atoms with Gasteiger partial charge in [-0.25, -0.2) is 0 Å². The summed E-state index contributed by atoms with van der Waals surface area (Å²) in [5, 5.41) is 9.10. The monoisotopic (exact) mass is 242 g/mol. The second kappa shape index (κ2) is 5.59. The number of carbonyl (C=O) groups is 1. The SMILES string of the molecule is N#CCN(C(=O)CCl)c1cccc(Cl)c1. The van der Waals surface area contributed by atoms with E-state index < -0.39 is 0 Å². The van der Waals surface area contributed by atoms with E-state index in [9.17, 15) is 4.79 Å². The summed E-state index contributed by atoms with van der Waals surface area (Å²) < 4.78 is 0. The van der Waals surface area contributed by atoms with Crippen LogP contribution in [0.3, 0.4) is 0 Å². The Labute approximate surface area is 97.8 Å². The van der Waals surface area contributed by atoms with Crippen molar-refractivity contribution in [3.05, 3.63) is 29.3 Å². The van der Waals surface area contributed by atoms with Crippen LogP contribution in [-0.2, 0) is 4.79 Å². The molecule has 0 radical (unpaired) electrons. The molecule has 0 atom stereocenters. The number of nitriles is 1. The summed E-state index contributed by atoms with van der Waals surface area (Å²) in [6, 6.07) is 8.63. The Morgan fingerprint density at radius 2 is 2.27 bits per heavy atom. The van der Waals surface area contributed by atoms with E-state index >= 15 is 0 Å². The fraction of sp³-hybridized carbons (Fsp3) is 0.200. The lowest BCUT2D eigenvalue weighted by Crippen LogP contribution is -2.32. The molecule has 0 N–H and O–H groups in total. The molecule has 0 saturated carbocycles. The molecule has 5 heteroatoms. The molecule has 0 fully saturated rings. The number of nitrogens with zero attached hydrogens (tertiary/aromatic N) is 2. The molecule has 0 aliphatic carbocycles. The molecule has 1 aromatic rings. The topological polar surface area (TPSA) is 44.1 Å². The third-order valence-electron chi connectivity index (χ3n) is 1.76. The summed E-state index contributed by atoms with van der Waals surface area (Å²) in [4.78, 5) is 12.7. The van der Waals surface area contributed by atoms with Gasteiger partial charge in [0.15, 0.2) is 0 Å². The summed E-state index contributed by atoms with van der Waals surface area (Å²) in [5.74, 6) is -0.478. The molecule has 0 aliphatic heterocycles. The standard InChI is InChI=1S/C10H8Cl2N2O/c11-7-10(15)14(5-4-13)9-3-1-2-8(12)6-9/h1-3,6H,5,7H2. The van der Waals surface area contributed by atoms with E-state index in [4.69, 9.17) is 28.5 Å². The number of anilines is 1. The fourth-order valence-electron chi connectivity index (χ4n) is 1.11. The minimum absolute atomic E-state index is 0.0358. The second-order valence-electron chi connectivity index (χ2n) is 2.75. The third-order valence-corrected chi connectivity index (χ3v) is 2.23. The third kappa shape index (κ3) is 3.12. The van der Waals surface area contributed by atoms with E-state index in [2.05, 4.69) is 0 Å². The maximum absolute atomic E-state index is 11.4. The van der Waals surface area contributed by atoms with Crippen molar-refractivity contribution >= 4 is 34.8 Å². The van der Waals surface area contributed by atoms with Crippen molar-refractivity contribution in [3.8, 4) is 6.07 Å². The Hall–Kier alpha value is -1.24. The summed E-state index contributed by atoms with van der Waals surface area (Å²) in [6.45, 7) is -0.0358. The van der Waals surface area contributed by atoms with Gasteiger partial charge in [0.25, 0.3) is 0 Å². The van der Waals surface area contributed by atoms with Gasteiger partial charge in [0.1, 0.15) is 12.4 Å². The lowest BCUT2D eigenvalue weighted by molar-refractivity contribution is -0.116. The van der Waals surface area contributed by atoms with Gasteiger partial charge in [-0.2, -0.15) is 5.26 Å². The van der Waals surface area contributed by atoms with E-state index in [0.717, 1.165) is 0 Å². The van der Waals surface area contributed by atoms with Crippen LogP contribution < -0.4 is 4.90 Å². The molecular formula is C10H8Cl2N2O. The van der Waals surface area contributed by atoms with E-state index in [1.165, 1.54) is 4.90 Å². The van der Waals surface area contributed by atoms with Crippen LogP contribution in [0.25, 0.3) is 0 Å². The number of alkyl halides is 1. The van der Waals surface area contributed by atoms with Crippen LogP contribution >= 0.6 is 23.2 Å². The fourth-order valence-corrected chi connectivity index (χ4v) is 1.44. The molecular weight excluding hydrogens is 235 g/mol. The highest BCUT2D eigenvalue weighted by molar-refractivity contribution is 6.31. The molecule has 3 nitrogen and oxygen atoms in total. The Bertz CT molecular complexity index is 401. The van der Waals surface area contributed by atoms with Gasteiger partial charge in [0.2, 0.25) is 5.91 Å². The second-order valence-corrected chi connectivity index (χ2v) is 3.46. The zero-order valence-corrected chi connectivity index (χ0v) is 9.29. The summed E-state index contributed by atoms with van der Waals surface area (Å²) >= 11 is 11.2. The molecule has 0 bridgehead atoms. The van der Waals surface area contributed by atoms with Crippen LogP contribution in [0.2, 0.25) is 5.02 Å². The molecule has 78 valence electrons. The largest absolute Gasteiger partial charge is 0.298 e. The van der Waals surface area contributed by atoms with Crippen LogP contribution in [0.15, 0.2) is 24.3 Å². The van der Waals surface area contributed by atoms with Crippen molar-refractivity contribution in [2.45, 2.75) is 0 Å². The van der Waals surface area contributed by atoms with Gasteiger partial charge in [0.05, 0.1) is 6.07 Å². The Balaban J connectivity index is 2.99. The van der Waals surface area contributed by atoms with Crippen LogP contribution in [-0.4, -0.2) is 18.3 Å². The number of halogens is 2. The number of amides is 1. The Morgan fingerprint density at radius 1 is 1.53 bits per heavy atom. The van der Waals surface area contributed by atoms with Gasteiger partial charge in [-0.05, 0) is 18.2 Å². The highest BCUT2D eigenvalue weighted by Gasteiger charge is 2.13. The lowest BCUT2D eigenvalue weighted by Gasteiger charge is -2.18. The average molecular weight is 243 g/mol. The van der Waals surface area contributed by atoms with Crippen LogP contribution in [0, 0.1) is 11.3 Å². The van der Waals surface area contributed by atoms with E-state index in [-0.39, 0.29) is 18.3 Å². The Kier molecular flexibility index (Phi) is 4.41. The van der Waals surface area contributed by atoms with Gasteiger partial charge in [0, 0.05) is 10.7 Å². The van der Waals surface area contributed by atoms with Crippen LogP contribution in [0.1, 0.15) is 0 Å². The maximum Gasteiger partial charge on any atom is 0.242 e. The predicted molar refractivity (Wildman–Crippen MR) is 60.1 cm³/mol. The van der Waals surface area contributed by atoms with Crippen molar-refractivity contribution in [1.82, 2.24) is 0 Å². The van der Waals surface area contributed by atoms with Crippen molar-refractivity contribution in [3.63, 3.8) is 0 Å². The Morgan fingerprint density at radius 3 is 2.80 bits per heavy atom. The first-order valence-electron chi connectivity index (χ1n) is 4.18. The van der Waals surface area contributed by atoms with Gasteiger partial charge in [-0.3, -0.25) is 9.69 Å². The minimum Gasteiger partial charge on any atom is -0.298 e. The molecule has 0 aliphatic rings. The van der Waals surface area contributed by atoms with E-state index in [1.807, 2.05) is 6.07 Å². The molecule has 0 heterocycles. The van der Waals surface area contributed by atoms with Gasteiger partial charge in [-0.15, -0.1) is 11.6 Å². The van der Waals surface area contributed by atoms with Crippen molar-refractivity contribution < 1.29 is 4.79 Å². The molecule has 0 spiro atoms. The summed E-state index contributed by atoms with van der Waals surface area (Å²) in [5.41, 5.74) is 0.578. The molecule has 0 aromatic heterocycles. The van der Waals surface area contributed by atoms with Gasteiger partial charge < -0.3 is 0 Å². The minimum atomic E-state index is -0.319. The van der Waals surface area contributed by atoms with E-state index in [0.29, 0.717) is 10.7 Å². The number of hydrogen-bond donors (Lipinski definition) is 0. The number of carbonyl (C=O) groups excluding carboxylic acids is 1. The highest BCUT2D eigenvalue weighted by Crippen LogP contribution is 2.19. The van der Waals surface area contributed by atoms with Crippen LogP contribution in [0.4, 0.5) is 5.69 Å². The number of benzene rings is 1. The van der Waals surface area contributed by atoms with Crippen molar-refractivity contribution in [2.75, 3.05) is 17.3 Å². The quantitative estimate of drug-likeness (QED) is 0.604. The molecule has 0 unspecified atom stereocenters. The zero-order valence-electron chi connectivity index (χ0n) is 7.78. The van der Waals surface area contributed by atoms with Crippen molar-refractivity contribution in [2.24, 2.45) is 0 Å². The molecule has 15 heavy (non-hydrogen) atoms. The molecule has 1 aromatic carbocycles. The first-order chi connectivity index (χ1) is 7.19. The normalized spacial score (nSPS) is 9.40. The average Bonchev–Trinajstić information content (AvgIpc) is 2.25.